The van der Waals surface area contributed by atoms with Gasteiger partial charge in [-0.1, -0.05) is 30.2 Å². The molecule has 1 aromatic carbocycles. The van der Waals surface area contributed by atoms with Crippen LogP contribution in [0.25, 0.3) is 0 Å². The predicted octanol–water partition coefficient (Wildman–Crippen LogP) is 4.80. The Bertz CT molecular complexity index is 814. The third-order valence-electron chi connectivity index (χ3n) is 4.56. The first kappa shape index (κ1) is 23.3. The molecule has 0 spiro atoms. The number of nitrogens with zero attached hydrogens (tertiary/aromatic N) is 1. The van der Waals surface area contributed by atoms with Crippen LogP contribution >= 0.6 is 23.8 Å². The topological polar surface area (TPSA) is 58.6 Å². The van der Waals surface area contributed by atoms with Crippen molar-refractivity contribution in [1.29, 1.82) is 0 Å². The molecule has 156 valence electrons. The second-order valence-corrected chi connectivity index (χ2v) is 8.14. The molecule has 1 fully saturated rings. The lowest BCUT2D eigenvalue weighted by molar-refractivity contribution is -0.122. The highest BCUT2D eigenvalue weighted by molar-refractivity contribution is 7.80. The first-order chi connectivity index (χ1) is 13.8. The number of carbonyl (C=O) groups is 2. The summed E-state index contributed by atoms with van der Waals surface area (Å²) in [5.74, 6) is -0.431. The van der Waals surface area contributed by atoms with E-state index in [1.54, 1.807) is 24.3 Å². The number of hydrogen-bond donors (Lipinski definition) is 1. The van der Waals surface area contributed by atoms with Gasteiger partial charge in [-0.25, -0.2) is 0 Å². The molecule has 5 nitrogen and oxygen atoms in total. The van der Waals surface area contributed by atoms with E-state index in [1.807, 2.05) is 0 Å². The molecule has 0 aromatic heterocycles. The Hall–Kier alpha value is -2.02. The van der Waals surface area contributed by atoms with E-state index in [0.717, 1.165) is 19.3 Å². The second kappa shape index (κ2) is 11.2. The van der Waals surface area contributed by atoms with E-state index in [0.29, 0.717) is 23.2 Å². The van der Waals surface area contributed by atoms with Crippen LogP contribution < -0.4 is 10.2 Å². The van der Waals surface area contributed by atoms with Gasteiger partial charge in [-0.05, 0) is 81.6 Å². The predicted molar refractivity (Wildman–Crippen MR) is 121 cm³/mol. The van der Waals surface area contributed by atoms with Crippen molar-refractivity contribution in [3.8, 4) is 0 Å². The SMILES string of the molecule is CC(C)=CCCC(C)CCOC/C=C1/C(=O)NC(=S)N(c2ccc(Cl)cc2)C1=O. The second-order valence-electron chi connectivity index (χ2n) is 7.32. The van der Waals surface area contributed by atoms with Crippen LogP contribution in [-0.4, -0.2) is 30.1 Å². The zero-order valence-corrected chi connectivity index (χ0v) is 18.6. The summed E-state index contributed by atoms with van der Waals surface area (Å²) in [7, 11) is 0. The Labute approximate surface area is 182 Å². The summed E-state index contributed by atoms with van der Waals surface area (Å²) >= 11 is 11.1. The lowest BCUT2D eigenvalue weighted by atomic mass is 10.0. The van der Waals surface area contributed by atoms with Gasteiger partial charge >= 0.3 is 0 Å². The Morgan fingerprint density at radius 3 is 2.59 bits per heavy atom. The summed E-state index contributed by atoms with van der Waals surface area (Å²) in [6.45, 7) is 7.17. The molecular formula is C22H27ClN2O3S. The van der Waals surface area contributed by atoms with E-state index in [4.69, 9.17) is 28.6 Å². The maximum atomic E-state index is 12.8. The number of allylic oxidation sites excluding steroid dienone is 2. The van der Waals surface area contributed by atoms with E-state index in [-0.39, 0.29) is 17.3 Å². The van der Waals surface area contributed by atoms with Crippen LogP contribution in [-0.2, 0) is 14.3 Å². The van der Waals surface area contributed by atoms with Crippen LogP contribution in [0.2, 0.25) is 5.02 Å². The van der Waals surface area contributed by atoms with Crippen molar-refractivity contribution >= 4 is 46.4 Å². The normalized spacial score (nSPS) is 16.8. The molecule has 2 rings (SSSR count). The number of halogens is 1. The fourth-order valence-electron chi connectivity index (χ4n) is 2.85. The highest BCUT2D eigenvalue weighted by Gasteiger charge is 2.34. The Balaban J connectivity index is 1.89. The monoisotopic (exact) mass is 434 g/mol. The molecule has 1 saturated heterocycles. The van der Waals surface area contributed by atoms with Crippen molar-refractivity contribution < 1.29 is 14.3 Å². The van der Waals surface area contributed by atoms with Gasteiger partial charge in [-0.2, -0.15) is 0 Å². The van der Waals surface area contributed by atoms with Crippen molar-refractivity contribution in [2.45, 2.75) is 40.0 Å². The van der Waals surface area contributed by atoms with Crippen molar-refractivity contribution in [3.05, 3.63) is 52.6 Å². The van der Waals surface area contributed by atoms with Crippen molar-refractivity contribution in [1.82, 2.24) is 5.32 Å². The molecule has 1 aromatic rings. The van der Waals surface area contributed by atoms with Crippen LogP contribution in [0.15, 0.2) is 47.6 Å². The number of rotatable bonds is 9. The quantitative estimate of drug-likeness (QED) is 0.199. The van der Waals surface area contributed by atoms with Gasteiger partial charge in [0.05, 0.1) is 12.3 Å². The Morgan fingerprint density at radius 2 is 1.93 bits per heavy atom. The molecule has 1 unspecified atom stereocenters. The van der Waals surface area contributed by atoms with Crippen LogP contribution in [0.3, 0.4) is 0 Å². The lowest BCUT2D eigenvalue weighted by Gasteiger charge is -2.28. The third-order valence-corrected chi connectivity index (χ3v) is 5.10. The average Bonchev–Trinajstić information content (AvgIpc) is 2.64. The molecule has 1 aliphatic rings. The number of amides is 2. The van der Waals surface area contributed by atoms with Gasteiger partial charge in [0.2, 0.25) is 0 Å². The van der Waals surface area contributed by atoms with Gasteiger partial charge in [-0.15, -0.1) is 0 Å². The number of hydrogen-bond acceptors (Lipinski definition) is 4. The van der Waals surface area contributed by atoms with Gasteiger partial charge in [0.25, 0.3) is 11.8 Å². The molecule has 29 heavy (non-hydrogen) atoms. The number of nitrogens with one attached hydrogen (secondary N) is 1. The zero-order chi connectivity index (χ0) is 21.4. The van der Waals surface area contributed by atoms with Crippen LogP contribution in [0.5, 0.6) is 0 Å². The van der Waals surface area contributed by atoms with E-state index < -0.39 is 11.8 Å². The molecule has 0 aliphatic carbocycles. The summed E-state index contributed by atoms with van der Waals surface area (Å²) < 4.78 is 5.62. The maximum Gasteiger partial charge on any atom is 0.269 e. The number of ether oxygens (including phenoxy) is 1. The first-order valence-corrected chi connectivity index (χ1v) is 10.4. The molecule has 1 atom stereocenters. The molecule has 0 bridgehead atoms. The highest BCUT2D eigenvalue weighted by atomic mass is 35.5. The minimum Gasteiger partial charge on any atom is -0.377 e. The Kier molecular flexibility index (Phi) is 9.01. The van der Waals surface area contributed by atoms with E-state index in [9.17, 15) is 9.59 Å². The standard InChI is InChI=1S/C22H27ClN2O3S/c1-15(2)5-4-6-16(3)11-13-28-14-12-19-20(26)24-22(29)25(21(19)27)18-9-7-17(23)8-10-18/h5,7-10,12,16H,4,6,11,13-14H2,1-3H3,(H,24,26,29)/b19-12-. The van der Waals surface area contributed by atoms with Gasteiger partial charge < -0.3 is 4.74 Å². The van der Waals surface area contributed by atoms with Crippen molar-refractivity contribution in [2.75, 3.05) is 18.1 Å². The van der Waals surface area contributed by atoms with Gasteiger partial charge in [0.1, 0.15) is 5.57 Å². The average molecular weight is 435 g/mol. The summed E-state index contributed by atoms with van der Waals surface area (Å²) in [6.07, 6.45) is 6.87. The lowest BCUT2D eigenvalue weighted by Crippen LogP contribution is -2.54. The van der Waals surface area contributed by atoms with Crippen LogP contribution in [0.4, 0.5) is 5.69 Å². The molecule has 0 saturated carbocycles. The number of benzene rings is 1. The van der Waals surface area contributed by atoms with Crippen molar-refractivity contribution in [2.24, 2.45) is 5.92 Å². The molecule has 1 heterocycles. The van der Waals surface area contributed by atoms with Gasteiger partial charge in [0, 0.05) is 11.6 Å². The fraction of sp³-hybridized carbons (Fsp3) is 0.409. The van der Waals surface area contributed by atoms with Crippen LogP contribution in [0, 0.1) is 5.92 Å². The largest absolute Gasteiger partial charge is 0.377 e. The summed E-state index contributed by atoms with van der Waals surface area (Å²) in [5.41, 5.74) is 1.90. The number of thiocarbonyl (C=S) groups is 1. The fourth-order valence-corrected chi connectivity index (χ4v) is 3.25. The first-order valence-electron chi connectivity index (χ1n) is 9.66. The highest BCUT2D eigenvalue weighted by Crippen LogP contribution is 2.22. The van der Waals surface area contributed by atoms with E-state index in [1.165, 1.54) is 16.5 Å². The number of carbonyl (C=O) groups excluding carboxylic acids is 2. The van der Waals surface area contributed by atoms with Gasteiger partial charge in [-0.3, -0.25) is 19.8 Å². The molecular weight excluding hydrogens is 408 g/mol. The molecule has 0 radical (unpaired) electrons. The van der Waals surface area contributed by atoms with Gasteiger partial charge in [0.15, 0.2) is 5.11 Å². The molecule has 7 heteroatoms. The summed E-state index contributed by atoms with van der Waals surface area (Å²) in [5, 5.41) is 3.15. The van der Waals surface area contributed by atoms with Crippen molar-refractivity contribution in [3.63, 3.8) is 0 Å². The summed E-state index contributed by atoms with van der Waals surface area (Å²) in [4.78, 5) is 26.3. The smallest absolute Gasteiger partial charge is 0.269 e. The minimum absolute atomic E-state index is 0.0187. The minimum atomic E-state index is -0.510. The zero-order valence-electron chi connectivity index (χ0n) is 17.0. The maximum absolute atomic E-state index is 12.8. The molecule has 1 N–H and O–H groups in total. The van der Waals surface area contributed by atoms with E-state index >= 15 is 0 Å². The van der Waals surface area contributed by atoms with E-state index in [2.05, 4.69) is 32.2 Å². The number of anilines is 1. The molecule has 2 amide bonds. The van der Waals surface area contributed by atoms with Crippen LogP contribution in [0.1, 0.15) is 40.0 Å². The molecule has 1 aliphatic heterocycles. The third kappa shape index (κ3) is 7.07. The Morgan fingerprint density at radius 1 is 1.24 bits per heavy atom. The summed E-state index contributed by atoms with van der Waals surface area (Å²) in [6, 6.07) is 6.67.